The fraction of sp³-hybridized carbons (Fsp3) is 0.250. The highest BCUT2D eigenvalue weighted by molar-refractivity contribution is 9.10. The Morgan fingerprint density at radius 3 is 2.50 bits per heavy atom. The van der Waals surface area contributed by atoms with Gasteiger partial charge in [0.2, 0.25) is 0 Å². The molecule has 1 atom stereocenters. The molecule has 0 amide bonds. The molecule has 1 unspecified atom stereocenters. The zero-order valence-electron chi connectivity index (χ0n) is 11.2. The highest BCUT2D eigenvalue weighted by Crippen LogP contribution is 2.29. The Balaban J connectivity index is 2.38. The number of nitrogens with one attached hydrogen (secondary N) is 1. The lowest BCUT2D eigenvalue weighted by Crippen LogP contribution is -2.23. The number of rotatable bonds is 5. The molecule has 0 saturated heterocycles. The third-order valence-electron chi connectivity index (χ3n) is 3.08. The van der Waals surface area contributed by atoms with Gasteiger partial charge >= 0.3 is 0 Å². The van der Waals surface area contributed by atoms with Crippen molar-refractivity contribution < 1.29 is 4.39 Å². The van der Waals surface area contributed by atoms with E-state index in [1.54, 1.807) is 6.07 Å². The molecular weight excluding hydrogens is 341 g/mol. The molecule has 0 radical (unpaired) electrons. The van der Waals surface area contributed by atoms with Crippen molar-refractivity contribution in [2.24, 2.45) is 0 Å². The van der Waals surface area contributed by atoms with Gasteiger partial charge < -0.3 is 5.32 Å². The molecule has 20 heavy (non-hydrogen) atoms. The molecule has 2 aromatic carbocycles. The van der Waals surface area contributed by atoms with Crippen LogP contribution in [0.4, 0.5) is 4.39 Å². The van der Waals surface area contributed by atoms with Gasteiger partial charge in [0.1, 0.15) is 5.82 Å². The van der Waals surface area contributed by atoms with Crippen LogP contribution >= 0.6 is 27.5 Å². The summed E-state index contributed by atoms with van der Waals surface area (Å²) < 4.78 is 14.2. The minimum Gasteiger partial charge on any atom is -0.306 e. The van der Waals surface area contributed by atoms with Crippen LogP contribution in [0.3, 0.4) is 0 Å². The molecule has 4 heteroatoms. The number of hydrogen-bond donors (Lipinski definition) is 1. The van der Waals surface area contributed by atoms with Crippen molar-refractivity contribution >= 4 is 27.5 Å². The first-order valence-electron chi connectivity index (χ1n) is 6.55. The van der Waals surface area contributed by atoms with E-state index in [4.69, 9.17) is 11.6 Å². The highest BCUT2D eigenvalue weighted by atomic mass is 79.9. The summed E-state index contributed by atoms with van der Waals surface area (Å²) in [7, 11) is 0. The molecular formula is C16H16BrClFN. The van der Waals surface area contributed by atoms with Gasteiger partial charge in [0, 0.05) is 9.50 Å². The van der Waals surface area contributed by atoms with Gasteiger partial charge in [-0.2, -0.15) is 0 Å². The third kappa shape index (κ3) is 3.81. The van der Waals surface area contributed by atoms with Gasteiger partial charge in [-0.15, -0.1) is 0 Å². The van der Waals surface area contributed by atoms with Gasteiger partial charge in [-0.25, -0.2) is 4.39 Å². The van der Waals surface area contributed by atoms with Crippen LogP contribution in [0.2, 0.25) is 5.02 Å². The molecule has 0 aliphatic carbocycles. The zero-order chi connectivity index (χ0) is 14.5. The average Bonchev–Trinajstić information content (AvgIpc) is 2.42. The van der Waals surface area contributed by atoms with Crippen molar-refractivity contribution in [3.8, 4) is 0 Å². The van der Waals surface area contributed by atoms with Crippen molar-refractivity contribution in [1.82, 2.24) is 5.32 Å². The molecule has 1 nitrogen and oxygen atoms in total. The predicted molar refractivity (Wildman–Crippen MR) is 85.7 cm³/mol. The van der Waals surface area contributed by atoms with Crippen LogP contribution < -0.4 is 5.32 Å². The summed E-state index contributed by atoms with van der Waals surface area (Å²) in [5.74, 6) is -0.316. The van der Waals surface area contributed by atoms with E-state index < -0.39 is 0 Å². The Kier molecular flexibility index (Phi) is 5.58. The monoisotopic (exact) mass is 355 g/mol. The van der Waals surface area contributed by atoms with Gasteiger partial charge in [0.05, 0.1) is 6.04 Å². The molecule has 106 valence electrons. The summed E-state index contributed by atoms with van der Waals surface area (Å²) >= 11 is 9.63. The summed E-state index contributed by atoms with van der Waals surface area (Å²) in [6.07, 6.45) is 1.02. The maximum atomic E-state index is 13.2. The smallest absolute Gasteiger partial charge is 0.124 e. The van der Waals surface area contributed by atoms with Crippen LogP contribution in [0.5, 0.6) is 0 Å². The molecule has 2 aromatic rings. The molecule has 0 saturated carbocycles. The first-order valence-corrected chi connectivity index (χ1v) is 7.72. The van der Waals surface area contributed by atoms with Gasteiger partial charge in [-0.1, -0.05) is 52.7 Å². The summed E-state index contributed by atoms with van der Waals surface area (Å²) in [5, 5.41) is 3.91. The summed E-state index contributed by atoms with van der Waals surface area (Å²) in [6.45, 7) is 2.98. The summed E-state index contributed by atoms with van der Waals surface area (Å²) in [5.41, 5.74) is 2.00. The van der Waals surface area contributed by atoms with E-state index in [2.05, 4.69) is 28.2 Å². The van der Waals surface area contributed by atoms with Crippen LogP contribution in [0.15, 0.2) is 46.9 Å². The van der Waals surface area contributed by atoms with Crippen molar-refractivity contribution in [2.45, 2.75) is 19.4 Å². The SMILES string of the molecule is CCCNC(c1ccc(Br)cc1)c1ccc(F)cc1Cl. The molecule has 0 fully saturated rings. The van der Waals surface area contributed by atoms with Crippen LogP contribution in [-0.4, -0.2) is 6.54 Å². The van der Waals surface area contributed by atoms with Gasteiger partial charge in [-0.3, -0.25) is 0 Å². The van der Waals surface area contributed by atoms with Gasteiger partial charge in [0.15, 0.2) is 0 Å². The normalized spacial score (nSPS) is 12.4. The van der Waals surface area contributed by atoms with Crippen molar-refractivity contribution in [3.05, 3.63) is 68.9 Å². The first-order chi connectivity index (χ1) is 9.61. The molecule has 0 heterocycles. The molecule has 1 N–H and O–H groups in total. The maximum Gasteiger partial charge on any atom is 0.124 e. The highest BCUT2D eigenvalue weighted by Gasteiger charge is 2.16. The molecule has 0 spiro atoms. The van der Waals surface area contributed by atoms with E-state index >= 15 is 0 Å². The van der Waals surface area contributed by atoms with Gasteiger partial charge in [0.25, 0.3) is 0 Å². The number of hydrogen-bond acceptors (Lipinski definition) is 1. The molecule has 0 aliphatic heterocycles. The standard InChI is InChI=1S/C16H16BrClFN/c1-2-9-20-16(11-3-5-12(17)6-4-11)14-8-7-13(19)10-15(14)18/h3-8,10,16,20H,2,9H2,1H3. The number of benzene rings is 2. The molecule has 2 rings (SSSR count). The van der Waals surface area contributed by atoms with E-state index in [1.165, 1.54) is 12.1 Å². The van der Waals surface area contributed by atoms with E-state index in [-0.39, 0.29) is 11.9 Å². The van der Waals surface area contributed by atoms with Gasteiger partial charge in [-0.05, 0) is 48.4 Å². The summed E-state index contributed by atoms with van der Waals surface area (Å²) in [4.78, 5) is 0. The Morgan fingerprint density at radius 1 is 1.20 bits per heavy atom. The van der Waals surface area contributed by atoms with E-state index in [9.17, 15) is 4.39 Å². The minimum absolute atomic E-state index is 0.0313. The fourth-order valence-corrected chi connectivity index (χ4v) is 2.63. The van der Waals surface area contributed by atoms with Crippen LogP contribution in [0.1, 0.15) is 30.5 Å². The lowest BCUT2D eigenvalue weighted by Gasteiger charge is -2.21. The minimum atomic E-state index is -0.316. The van der Waals surface area contributed by atoms with E-state index in [1.807, 2.05) is 24.3 Å². The van der Waals surface area contributed by atoms with Crippen molar-refractivity contribution in [3.63, 3.8) is 0 Å². The van der Waals surface area contributed by atoms with Crippen LogP contribution in [0, 0.1) is 5.82 Å². The topological polar surface area (TPSA) is 12.0 Å². The lowest BCUT2D eigenvalue weighted by atomic mass is 9.98. The third-order valence-corrected chi connectivity index (χ3v) is 3.93. The average molecular weight is 357 g/mol. The zero-order valence-corrected chi connectivity index (χ0v) is 13.5. The second kappa shape index (κ2) is 7.21. The van der Waals surface area contributed by atoms with Crippen LogP contribution in [0.25, 0.3) is 0 Å². The van der Waals surface area contributed by atoms with Crippen molar-refractivity contribution in [2.75, 3.05) is 6.54 Å². The Labute approximate surface area is 132 Å². The number of halogens is 3. The quantitative estimate of drug-likeness (QED) is 0.763. The maximum absolute atomic E-state index is 13.2. The van der Waals surface area contributed by atoms with Crippen molar-refractivity contribution in [1.29, 1.82) is 0 Å². The predicted octanol–water partition coefficient (Wildman–Crippen LogP) is 5.33. The Morgan fingerprint density at radius 2 is 1.90 bits per heavy atom. The Bertz CT molecular complexity index is 571. The Hall–Kier alpha value is -0.900. The fourth-order valence-electron chi connectivity index (χ4n) is 2.09. The molecule has 0 aromatic heterocycles. The first kappa shape index (κ1) is 15.5. The van der Waals surface area contributed by atoms with Crippen LogP contribution in [-0.2, 0) is 0 Å². The van der Waals surface area contributed by atoms with E-state index in [0.29, 0.717) is 5.02 Å². The summed E-state index contributed by atoms with van der Waals surface area (Å²) in [6, 6.07) is 12.6. The second-order valence-corrected chi connectivity index (χ2v) is 5.93. The largest absolute Gasteiger partial charge is 0.306 e. The molecule has 0 aliphatic rings. The van der Waals surface area contributed by atoms with E-state index in [0.717, 1.165) is 28.6 Å². The molecule has 0 bridgehead atoms. The second-order valence-electron chi connectivity index (χ2n) is 4.60. The lowest BCUT2D eigenvalue weighted by molar-refractivity contribution is 0.593.